The summed E-state index contributed by atoms with van der Waals surface area (Å²) in [6.07, 6.45) is 9.41. The zero-order chi connectivity index (χ0) is 10.2. The fourth-order valence-electron chi connectivity index (χ4n) is 2.18. The number of hydrogen-bond donors (Lipinski definition) is 1. The first-order valence-electron chi connectivity index (χ1n) is 5.84. The topological polar surface area (TPSA) is 23.5 Å². The number of likely N-dealkylation sites (tertiary alicyclic amines) is 1. The average Bonchev–Trinajstić information content (AvgIpc) is 2.65. The lowest BCUT2D eigenvalue weighted by Gasteiger charge is -2.22. The van der Waals surface area contributed by atoms with Crippen LogP contribution >= 0.6 is 0 Å². The summed E-state index contributed by atoms with van der Waals surface area (Å²) in [4.78, 5) is 2.44. The van der Waals surface area contributed by atoms with E-state index in [0.717, 1.165) is 6.42 Å². The van der Waals surface area contributed by atoms with Gasteiger partial charge in [0.05, 0.1) is 6.61 Å². The third-order valence-corrected chi connectivity index (χ3v) is 3.06. The number of nitrogens with zero attached hydrogens (tertiary/aromatic N) is 1. The standard InChI is InChI=1S/C12H23NO/c1-2-3-4-5-6-9-13-10-7-8-12(13)11-14/h2,12,14H,1,3-11H2/t12-/m1/s1. The Morgan fingerprint density at radius 2 is 2.21 bits per heavy atom. The van der Waals surface area contributed by atoms with Crippen LogP contribution in [0.5, 0.6) is 0 Å². The van der Waals surface area contributed by atoms with E-state index in [1.54, 1.807) is 0 Å². The van der Waals surface area contributed by atoms with Crippen LogP contribution in [-0.4, -0.2) is 35.7 Å². The summed E-state index contributed by atoms with van der Waals surface area (Å²) >= 11 is 0. The van der Waals surface area contributed by atoms with E-state index in [0.29, 0.717) is 12.6 Å². The van der Waals surface area contributed by atoms with Crippen molar-refractivity contribution in [3.8, 4) is 0 Å². The van der Waals surface area contributed by atoms with Crippen molar-refractivity contribution < 1.29 is 5.11 Å². The van der Waals surface area contributed by atoms with E-state index in [9.17, 15) is 0 Å². The second kappa shape index (κ2) is 7.02. The van der Waals surface area contributed by atoms with Gasteiger partial charge in [-0.25, -0.2) is 0 Å². The van der Waals surface area contributed by atoms with Gasteiger partial charge in [0.25, 0.3) is 0 Å². The molecule has 0 saturated carbocycles. The maximum Gasteiger partial charge on any atom is 0.0586 e. The predicted octanol–water partition coefficient (Wildman–Crippen LogP) is 2.19. The summed E-state index contributed by atoms with van der Waals surface area (Å²) in [6.45, 7) is 6.41. The van der Waals surface area contributed by atoms with Crippen molar-refractivity contribution in [1.29, 1.82) is 0 Å². The molecule has 0 aliphatic carbocycles. The molecule has 82 valence electrons. The van der Waals surface area contributed by atoms with E-state index >= 15 is 0 Å². The average molecular weight is 197 g/mol. The number of hydrogen-bond acceptors (Lipinski definition) is 2. The lowest BCUT2D eigenvalue weighted by molar-refractivity contribution is 0.157. The molecule has 1 saturated heterocycles. The van der Waals surface area contributed by atoms with Gasteiger partial charge in [0, 0.05) is 6.04 Å². The molecule has 1 heterocycles. The molecule has 0 amide bonds. The van der Waals surface area contributed by atoms with Crippen LogP contribution in [0.2, 0.25) is 0 Å². The Morgan fingerprint density at radius 3 is 2.93 bits per heavy atom. The zero-order valence-corrected chi connectivity index (χ0v) is 9.12. The number of rotatable bonds is 7. The Balaban J connectivity index is 2.02. The van der Waals surface area contributed by atoms with E-state index < -0.39 is 0 Å². The Morgan fingerprint density at radius 1 is 1.36 bits per heavy atom. The number of allylic oxidation sites excluding steroid dienone is 1. The molecule has 14 heavy (non-hydrogen) atoms. The molecule has 0 aromatic rings. The Bertz CT molecular complexity index is 158. The quantitative estimate of drug-likeness (QED) is 0.499. The van der Waals surface area contributed by atoms with E-state index in [1.807, 2.05) is 6.08 Å². The Kier molecular flexibility index (Phi) is 5.88. The van der Waals surface area contributed by atoms with Gasteiger partial charge in [-0.3, -0.25) is 4.90 Å². The molecule has 0 aromatic heterocycles. The normalized spacial score (nSPS) is 22.8. The largest absolute Gasteiger partial charge is 0.395 e. The third-order valence-electron chi connectivity index (χ3n) is 3.06. The first-order valence-corrected chi connectivity index (χ1v) is 5.84. The van der Waals surface area contributed by atoms with Crippen LogP contribution in [0.4, 0.5) is 0 Å². The molecule has 1 aliphatic rings. The van der Waals surface area contributed by atoms with Crippen molar-refractivity contribution in [2.24, 2.45) is 0 Å². The van der Waals surface area contributed by atoms with Crippen LogP contribution in [0.1, 0.15) is 38.5 Å². The van der Waals surface area contributed by atoms with Gasteiger partial charge in [0.2, 0.25) is 0 Å². The predicted molar refractivity (Wildman–Crippen MR) is 60.3 cm³/mol. The second-order valence-electron chi connectivity index (χ2n) is 4.15. The minimum atomic E-state index is 0.340. The molecule has 2 nitrogen and oxygen atoms in total. The molecule has 0 radical (unpaired) electrons. The van der Waals surface area contributed by atoms with Crippen LogP contribution < -0.4 is 0 Å². The van der Waals surface area contributed by atoms with Gasteiger partial charge < -0.3 is 5.11 Å². The smallest absolute Gasteiger partial charge is 0.0586 e. The molecule has 2 heteroatoms. The minimum Gasteiger partial charge on any atom is -0.395 e. The minimum absolute atomic E-state index is 0.340. The van der Waals surface area contributed by atoms with Crippen molar-refractivity contribution in [3.63, 3.8) is 0 Å². The highest BCUT2D eigenvalue weighted by Gasteiger charge is 2.22. The molecule has 1 aliphatic heterocycles. The summed E-state index contributed by atoms with van der Waals surface area (Å²) in [6, 6.07) is 0.453. The molecular weight excluding hydrogens is 174 g/mol. The lowest BCUT2D eigenvalue weighted by atomic mass is 10.2. The number of unbranched alkanes of at least 4 members (excludes halogenated alkanes) is 3. The molecule has 0 unspecified atom stereocenters. The van der Waals surface area contributed by atoms with Crippen LogP contribution in [0.25, 0.3) is 0 Å². The third kappa shape index (κ3) is 3.81. The van der Waals surface area contributed by atoms with Gasteiger partial charge in [-0.05, 0) is 45.2 Å². The Labute approximate surface area is 87.6 Å². The molecule has 1 N–H and O–H groups in total. The van der Waals surface area contributed by atoms with Crippen molar-refractivity contribution in [3.05, 3.63) is 12.7 Å². The summed E-state index contributed by atoms with van der Waals surface area (Å²) in [5, 5.41) is 9.12. The molecule has 1 fully saturated rings. The molecule has 0 spiro atoms. The zero-order valence-electron chi connectivity index (χ0n) is 9.12. The highest BCUT2D eigenvalue weighted by atomic mass is 16.3. The highest BCUT2D eigenvalue weighted by Crippen LogP contribution is 2.17. The molecule has 1 rings (SSSR count). The fourth-order valence-corrected chi connectivity index (χ4v) is 2.18. The first-order chi connectivity index (χ1) is 6.88. The number of aliphatic hydroxyl groups is 1. The first kappa shape index (κ1) is 11.7. The van der Waals surface area contributed by atoms with Gasteiger partial charge in [-0.15, -0.1) is 6.58 Å². The van der Waals surface area contributed by atoms with Gasteiger partial charge in [0.15, 0.2) is 0 Å². The number of aliphatic hydroxyl groups excluding tert-OH is 1. The highest BCUT2D eigenvalue weighted by molar-refractivity contribution is 4.78. The van der Waals surface area contributed by atoms with Crippen LogP contribution in [0.3, 0.4) is 0 Å². The molecule has 0 aromatic carbocycles. The van der Waals surface area contributed by atoms with E-state index in [1.165, 1.54) is 45.2 Å². The van der Waals surface area contributed by atoms with Gasteiger partial charge >= 0.3 is 0 Å². The maximum absolute atomic E-state index is 9.12. The lowest BCUT2D eigenvalue weighted by Crippen LogP contribution is -2.32. The molecular formula is C12H23NO. The summed E-state index contributed by atoms with van der Waals surface area (Å²) in [5.41, 5.74) is 0. The molecule has 1 atom stereocenters. The van der Waals surface area contributed by atoms with Gasteiger partial charge in [0.1, 0.15) is 0 Å². The van der Waals surface area contributed by atoms with Crippen LogP contribution in [0.15, 0.2) is 12.7 Å². The monoisotopic (exact) mass is 197 g/mol. The summed E-state index contributed by atoms with van der Waals surface area (Å²) in [5.74, 6) is 0. The fraction of sp³-hybridized carbons (Fsp3) is 0.833. The Hall–Kier alpha value is -0.340. The van der Waals surface area contributed by atoms with Crippen LogP contribution in [-0.2, 0) is 0 Å². The van der Waals surface area contributed by atoms with E-state index in [2.05, 4.69) is 11.5 Å². The second-order valence-corrected chi connectivity index (χ2v) is 4.15. The summed E-state index contributed by atoms with van der Waals surface area (Å²) in [7, 11) is 0. The van der Waals surface area contributed by atoms with E-state index in [4.69, 9.17) is 5.11 Å². The molecule has 0 bridgehead atoms. The van der Waals surface area contributed by atoms with Gasteiger partial charge in [-0.1, -0.05) is 12.5 Å². The maximum atomic E-state index is 9.12. The van der Waals surface area contributed by atoms with Crippen molar-refractivity contribution in [2.75, 3.05) is 19.7 Å². The SMILES string of the molecule is C=CCCCCCN1CCC[C@@H]1CO. The van der Waals surface area contributed by atoms with Crippen molar-refractivity contribution >= 4 is 0 Å². The van der Waals surface area contributed by atoms with Crippen molar-refractivity contribution in [2.45, 2.75) is 44.6 Å². The van der Waals surface area contributed by atoms with E-state index in [-0.39, 0.29) is 0 Å². The summed E-state index contributed by atoms with van der Waals surface area (Å²) < 4.78 is 0. The van der Waals surface area contributed by atoms with Crippen molar-refractivity contribution in [1.82, 2.24) is 4.90 Å². The van der Waals surface area contributed by atoms with Crippen LogP contribution in [0, 0.1) is 0 Å². The van der Waals surface area contributed by atoms with Gasteiger partial charge in [-0.2, -0.15) is 0 Å².